The lowest BCUT2D eigenvalue weighted by atomic mass is 9.97. The van der Waals surface area contributed by atoms with Gasteiger partial charge in [-0.15, -0.1) is 0 Å². The molecule has 32 heavy (non-hydrogen) atoms. The van der Waals surface area contributed by atoms with Crippen molar-refractivity contribution >= 4 is 10.9 Å². The van der Waals surface area contributed by atoms with Gasteiger partial charge in [-0.25, -0.2) is 0 Å². The molecule has 178 valence electrons. The van der Waals surface area contributed by atoms with Gasteiger partial charge in [0.2, 0.25) is 6.29 Å². The molecule has 2 aromatic rings. The van der Waals surface area contributed by atoms with Crippen molar-refractivity contribution < 1.29 is 49.6 Å². The van der Waals surface area contributed by atoms with Crippen molar-refractivity contribution in [1.82, 2.24) is 4.98 Å². The lowest BCUT2D eigenvalue weighted by Crippen LogP contribution is -2.61. The second-order valence-corrected chi connectivity index (χ2v) is 8.09. The molecule has 2 aliphatic heterocycles. The van der Waals surface area contributed by atoms with Gasteiger partial charge in [0, 0.05) is 17.1 Å². The molecule has 11 heteroatoms. The summed E-state index contributed by atoms with van der Waals surface area (Å²) in [4.78, 5) is 3.03. The number of H-pyrrole nitrogens is 1. The van der Waals surface area contributed by atoms with Gasteiger partial charge in [-0.05, 0) is 18.6 Å². The Balaban J connectivity index is 1.43. The van der Waals surface area contributed by atoms with Gasteiger partial charge in [-0.1, -0.05) is 19.1 Å². The van der Waals surface area contributed by atoms with Crippen molar-refractivity contribution in [2.24, 2.45) is 0 Å². The quantitative estimate of drug-likeness (QED) is 0.274. The molecule has 0 saturated carbocycles. The van der Waals surface area contributed by atoms with Crippen molar-refractivity contribution in [2.45, 2.75) is 74.8 Å². The first-order valence-corrected chi connectivity index (χ1v) is 10.6. The second-order valence-electron chi connectivity index (χ2n) is 8.09. The van der Waals surface area contributed by atoms with Gasteiger partial charge in [0.05, 0.1) is 12.7 Å². The minimum Gasteiger partial charge on any atom is -0.460 e. The molecular formula is C21H29NO10. The molecule has 10 atom stereocenters. The second kappa shape index (κ2) is 9.59. The van der Waals surface area contributed by atoms with Crippen molar-refractivity contribution in [2.75, 3.05) is 6.61 Å². The van der Waals surface area contributed by atoms with Crippen LogP contribution < -0.4 is 4.74 Å². The highest BCUT2D eigenvalue weighted by molar-refractivity contribution is 5.85. The van der Waals surface area contributed by atoms with Crippen LogP contribution in [0.4, 0.5) is 0 Å². The van der Waals surface area contributed by atoms with E-state index in [-0.39, 0.29) is 6.61 Å². The van der Waals surface area contributed by atoms with E-state index in [9.17, 15) is 30.6 Å². The van der Waals surface area contributed by atoms with E-state index in [1.54, 1.807) is 13.1 Å². The zero-order valence-corrected chi connectivity index (χ0v) is 17.4. The SMILES string of the molecule is CC[C@H]1O[C@@H](OC[C@H]2O[C@@H](Oc3c[nH]c4ccccc34)[C@H](O)[C@@H](O)[C@@H]2O)[C@H](O)[C@@H](O)[C@@H]1O. The molecule has 2 saturated heterocycles. The number of ether oxygens (including phenoxy) is 4. The van der Waals surface area contributed by atoms with Gasteiger partial charge in [-0.2, -0.15) is 0 Å². The van der Waals surface area contributed by atoms with Crippen molar-refractivity contribution in [3.63, 3.8) is 0 Å². The molecule has 0 unspecified atom stereocenters. The van der Waals surface area contributed by atoms with E-state index in [1.165, 1.54) is 0 Å². The molecule has 0 radical (unpaired) electrons. The molecule has 11 nitrogen and oxygen atoms in total. The standard InChI is InChI=1S/C21H29NO10/c1-2-11-14(23)16(25)18(27)20(30-11)29-8-13-15(24)17(26)19(28)21(32-13)31-12-7-22-10-6-4-3-5-9(10)12/h3-7,11,13-28H,2,8H2,1H3/t11-,13-,14-,15-,16+,17+,18-,19-,20-,21-/m1/s1. The Labute approximate surface area is 183 Å². The number of nitrogens with one attached hydrogen (secondary N) is 1. The number of fused-ring (bicyclic) bond motifs is 1. The minimum atomic E-state index is -1.58. The fourth-order valence-corrected chi connectivity index (χ4v) is 4.00. The van der Waals surface area contributed by atoms with Crippen LogP contribution in [0, 0.1) is 0 Å². The van der Waals surface area contributed by atoms with E-state index in [1.807, 2.05) is 24.3 Å². The number of hydrogen-bond acceptors (Lipinski definition) is 10. The lowest BCUT2D eigenvalue weighted by molar-refractivity contribution is -0.320. The molecule has 0 amide bonds. The van der Waals surface area contributed by atoms with Crippen LogP contribution in [0.2, 0.25) is 0 Å². The highest BCUT2D eigenvalue weighted by atomic mass is 16.7. The molecule has 7 N–H and O–H groups in total. The Hall–Kier alpha value is -1.80. The third-order valence-corrected chi connectivity index (χ3v) is 5.96. The molecular weight excluding hydrogens is 426 g/mol. The van der Waals surface area contributed by atoms with Crippen molar-refractivity contribution in [3.05, 3.63) is 30.5 Å². The summed E-state index contributed by atoms with van der Waals surface area (Å²) >= 11 is 0. The van der Waals surface area contributed by atoms with E-state index >= 15 is 0 Å². The van der Waals surface area contributed by atoms with Gasteiger partial charge in [-0.3, -0.25) is 0 Å². The normalized spacial score (nSPS) is 40.5. The minimum absolute atomic E-state index is 0.348. The van der Waals surface area contributed by atoms with Crippen LogP contribution in [-0.4, -0.2) is 104 Å². The van der Waals surface area contributed by atoms with E-state index < -0.39 is 61.4 Å². The number of rotatable bonds is 6. The summed E-state index contributed by atoms with van der Waals surface area (Å²) in [6.45, 7) is 1.40. The number of para-hydroxylation sites is 1. The van der Waals surface area contributed by atoms with Gasteiger partial charge < -0.3 is 54.6 Å². The summed E-state index contributed by atoms with van der Waals surface area (Å²) in [5.41, 5.74) is 0.808. The predicted molar refractivity (Wildman–Crippen MR) is 109 cm³/mol. The molecule has 0 aliphatic carbocycles. The van der Waals surface area contributed by atoms with Crippen LogP contribution >= 0.6 is 0 Å². The number of aliphatic hydroxyl groups is 6. The predicted octanol–water partition coefficient (Wildman–Crippen LogP) is -1.41. The Morgan fingerprint density at radius 2 is 1.44 bits per heavy atom. The molecule has 3 heterocycles. The van der Waals surface area contributed by atoms with Crippen molar-refractivity contribution in [3.8, 4) is 5.75 Å². The zero-order valence-electron chi connectivity index (χ0n) is 17.4. The van der Waals surface area contributed by atoms with E-state index in [2.05, 4.69) is 4.98 Å². The number of aromatic nitrogens is 1. The number of aliphatic hydroxyl groups excluding tert-OH is 6. The van der Waals surface area contributed by atoms with Gasteiger partial charge in [0.25, 0.3) is 0 Å². The maximum atomic E-state index is 10.3. The Kier molecular flexibility index (Phi) is 7.00. The molecule has 0 spiro atoms. The van der Waals surface area contributed by atoms with Crippen LogP contribution in [0.25, 0.3) is 10.9 Å². The number of benzene rings is 1. The van der Waals surface area contributed by atoms with Crippen LogP contribution in [0.5, 0.6) is 5.75 Å². The Morgan fingerprint density at radius 1 is 0.812 bits per heavy atom. The van der Waals surface area contributed by atoms with Gasteiger partial charge in [0.1, 0.15) is 48.5 Å². The van der Waals surface area contributed by atoms with Crippen LogP contribution in [0.15, 0.2) is 30.5 Å². The first kappa shape index (κ1) is 23.4. The summed E-state index contributed by atoms with van der Waals surface area (Å²) < 4.78 is 22.4. The lowest BCUT2D eigenvalue weighted by Gasteiger charge is -2.42. The average Bonchev–Trinajstić information content (AvgIpc) is 3.21. The topological polar surface area (TPSA) is 174 Å². The molecule has 2 aliphatic rings. The first-order chi connectivity index (χ1) is 15.3. The average molecular weight is 455 g/mol. The van der Waals surface area contributed by atoms with Gasteiger partial charge in [0.15, 0.2) is 6.29 Å². The molecule has 1 aromatic carbocycles. The molecule has 4 rings (SSSR count). The number of aromatic amines is 1. The maximum Gasteiger partial charge on any atom is 0.229 e. The van der Waals surface area contributed by atoms with Crippen LogP contribution in [0.1, 0.15) is 13.3 Å². The highest BCUT2D eigenvalue weighted by Gasteiger charge is 2.47. The Bertz CT molecular complexity index is 890. The summed E-state index contributed by atoms with van der Waals surface area (Å²) in [6, 6.07) is 7.33. The monoisotopic (exact) mass is 455 g/mol. The smallest absolute Gasteiger partial charge is 0.229 e. The zero-order chi connectivity index (χ0) is 23.0. The van der Waals surface area contributed by atoms with Gasteiger partial charge >= 0.3 is 0 Å². The molecule has 2 fully saturated rings. The Morgan fingerprint density at radius 3 is 2.16 bits per heavy atom. The maximum absolute atomic E-state index is 10.3. The van der Waals surface area contributed by atoms with Crippen molar-refractivity contribution in [1.29, 1.82) is 0 Å². The third-order valence-electron chi connectivity index (χ3n) is 5.96. The highest BCUT2D eigenvalue weighted by Crippen LogP contribution is 2.30. The third kappa shape index (κ3) is 4.36. The first-order valence-electron chi connectivity index (χ1n) is 10.6. The van der Waals surface area contributed by atoms with Crippen LogP contribution in [-0.2, 0) is 14.2 Å². The summed E-state index contributed by atoms with van der Waals surface area (Å²) in [5.74, 6) is 0.391. The fraction of sp³-hybridized carbons (Fsp3) is 0.619. The fourth-order valence-electron chi connectivity index (χ4n) is 4.00. The largest absolute Gasteiger partial charge is 0.460 e. The van der Waals surface area contributed by atoms with E-state index in [0.717, 1.165) is 10.9 Å². The summed E-state index contributed by atoms with van der Waals surface area (Å²) in [7, 11) is 0. The molecule has 0 bridgehead atoms. The van der Waals surface area contributed by atoms with E-state index in [4.69, 9.17) is 18.9 Å². The van der Waals surface area contributed by atoms with Crippen LogP contribution in [0.3, 0.4) is 0 Å². The summed E-state index contributed by atoms with van der Waals surface area (Å²) in [6.07, 6.45) is -11.4. The van der Waals surface area contributed by atoms with E-state index in [0.29, 0.717) is 12.2 Å². The molecule has 1 aromatic heterocycles. The summed E-state index contributed by atoms with van der Waals surface area (Å²) in [5, 5.41) is 61.9. The number of hydrogen-bond donors (Lipinski definition) is 7.